The van der Waals surface area contributed by atoms with Crippen molar-refractivity contribution < 1.29 is 18.5 Å². The summed E-state index contributed by atoms with van der Waals surface area (Å²) in [7, 11) is 0. The van der Waals surface area contributed by atoms with Gasteiger partial charge in [-0.15, -0.1) is 0 Å². The molecule has 2 amide bonds. The number of nitrogens with zero attached hydrogens (tertiary/aromatic N) is 1. The minimum Gasteiger partial charge on any atom is -0.474 e. The van der Waals surface area contributed by atoms with Crippen LogP contribution in [0.1, 0.15) is 41.7 Å². The minimum absolute atomic E-state index is 0. The van der Waals surface area contributed by atoms with Crippen LogP contribution in [0.15, 0.2) is 42.6 Å². The number of nitrogens with one attached hydrogen (secondary N) is 3. The van der Waals surface area contributed by atoms with Crippen LogP contribution in [0, 0.1) is 11.3 Å². The largest absolute Gasteiger partial charge is 0.474 e. The summed E-state index contributed by atoms with van der Waals surface area (Å²) < 4.78 is 11.2. The lowest BCUT2D eigenvalue weighted by atomic mass is 10.0. The van der Waals surface area contributed by atoms with Crippen LogP contribution in [-0.2, 0) is 9.47 Å². The summed E-state index contributed by atoms with van der Waals surface area (Å²) in [6.45, 7) is 5.16. The van der Waals surface area contributed by atoms with E-state index in [0.29, 0.717) is 30.3 Å². The highest BCUT2D eigenvalue weighted by molar-refractivity contribution is 5.98. The monoisotopic (exact) mass is 403 g/mol. The number of hydrogen-bond donors (Lipinski definition) is 4. The van der Waals surface area contributed by atoms with Crippen molar-refractivity contribution in [3.8, 4) is 0 Å². The predicted octanol–water partition coefficient (Wildman–Crippen LogP) is 4.05. The summed E-state index contributed by atoms with van der Waals surface area (Å²) in [6.07, 6.45) is 2.09. The molecule has 8 heteroatoms. The van der Waals surface area contributed by atoms with Gasteiger partial charge in [0.15, 0.2) is 0 Å². The molecule has 2 aromatic rings. The lowest BCUT2D eigenvalue weighted by molar-refractivity contribution is -0.0217. The van der Waals surface area contributed by atoms with Crippen LogP contribution in [-0.4, -0.2) is 36.2 Å². The number of hydrogen-bond acceptors (Lipinski definition) is 6. The van der Waals surface area contributed by atoms with E-state index in [1.54, 1.807) is 0 Å². The summed E-state index contributed by atoms with van der Waals surface area (Å²) in [5, 5.41) is 13.7. The summed E-state index contributed by atoms with van der Waals surface area (Å²) in [5.41, 5.74) is 7.78. The fraction of sp³-hybridized carbons (Fsp3) is 0.381. The van der Waals surface area contributed by atoms with Gasteiger partial charge in [-0.2, -0.15) is 0 Å². The number of rotatable bonds is 5. The molecule has 8 nitrogen and oxygen atoms in total. The van der Waals surface area contributed by atoms with Crippen molar-refractivity contribution >= 4 is 23.4 Å². The first kappa shape index (κ1) is 20.6. The van der Waals surface area contributed by atoms with Crippen molar-refractivity contribution in [2.24, 2.45) is 5.92 Å². The van der Waals surface area contributed by atoms with Crippen molar-refractivity contribution in [3.05, 3.63) is 53.7 Å². The number of carbonyl (C=O) groups excluding carboxylic acids is 1. The van der Waals surface area contributed by atoms with Crippen molar-refractivity contribution in [3.63, 3.8) is 0 Å². The zero-order valence-corrected chi connectivity index (χ0v) is 16.6. The van der Waals surface area contributed by atoms with Crippen molar-refractivity contribution in [2.45, 2.75) is 32.4 Å². The van der Waals surface area contributed by atoms with Gasteiger partial charge in [-0.25, -0.2) is 9.78 Å². The maximum absolute atomic E-state index is 12.2. The molecule has 0 saturated carbocycles. The Morgan fingerprint density at radius 3 is 2.86 bits per heavy atom. The van der Waals surface area contributed by atoms with E-state index >= 15 is 0 Å². The predicted molar refractivity (Wildman–Crippen MR) is 118 cm³/mol. The van der Waals surface area contributed by atoms with Gasteiger partial charge in [0.2, 0.25) is 5.90 Å². The number of nitrogens with two attached hydrogens (primary N) is 1. The van der Waals surface area contributed by atoms with E-state index in [2.05, 4.69) is 15.6 Å². The second-order valence-corrected chi connectivity index (χ2v) is 7.21. The van der Waals surface area contributed by atoms with Crippen LogP contribution in [0.3, 0.4) is 0 Å². The third-order valence-corrected chi connectivity index (χ3v) is 4.90. The Balaban J connectivity index is 0.00000320. The molecule has 1 aromatic carbocycles. The van der Waals surface area contributed by atoms with Gasteiger partial charge in [0.1, 0.15) is 11.9 Å². The second-order valence-electron chi connectivity index (χ2n) is 7.21. The Hall–Kier alpha value is -3.13. The number of nitrogen functional groups attached to an aromatic ring is 1. The lowest BCUT2D eigenvalue weighted by Gasteiger charge is -2.29. The fourth-order valence-corrected chi connectivity index (χ4v) is 3.15. The SMILES string of the molecule is CC1COCCC1OC(=N)c1cnc(NC(=O)N[C@H](C)c2ccccc2)cc1N.[HH].[HH].[HH]. The van der Waals surface area contributed by atoms with Crippen LogP contribution in [0.2, 0.25) is 0 Å². The molecule has 1 aliphatic heterocycles. The highest BCUT2D eigenvalue weighted by Gasteiger charge is 2.25. The summed E-state index contributed by atoms with van der Waals surface area (Å²) >= 11 is 0. The number of amides is 2. The Labute approximate surface area is 174 Å². The van der Waals surface area contributed by atoms with Gasteiger partial charge in [0, 0.05) is 34.6 Å². The quantitative estimate of drug-likeness (QED) is 0.443. The molecule has 1 saturated heterocycles. The number of anilines is 2. The molecular weight excluding hydrogens is 370 g/mol. The molecule has 1 fully saturated rings. The Bertz CT molecular complexity index is 873. The third-order valence-electron chi connectivity index (χ3n) is 4.90. The summed E-state index contributed by atoms with van der Waals surface area (Å²) in [6, 6.07) is 10.6. The number of benzene rings is 1. The second kappa shape index (κ2) is 9.38. The first-order chi connectivity index (χ1) is 13.9. The van der Waals surface area contributed by atoms with Crippen molar-refractivity contribution in [2.75, 3.05) is 24.3 Å². The molecule has 0 spiro atoms. The average molecular weight is 404 g/mol. The number of ether oxygens (including phenoxy) is 2. The molecule has 5 N–H and O–H groups in total. The highest BCUT2D eigenvalue weighted by Crippen LogP contribution is 2.22. The molecule has 1 aliphatic rings. The van der Waals surface area contributed by atoms with Crippen molar-refractivity contribution in [1.29, 1.82) is 5.41 Å². The van der Waals surface area contributed by atoms with E-state index in [1.165, 1.54) is 12.3 Å². The first-order valence-electron chi connectivity index (χ1n) is 9.65. The molecule has 1 aromatic heterocycles. The van der Waals surface area contributed by atoms with E-state index in [-0.39, 0.29) is 34.3 Å². The van der Waals surface area contributed by atoms with E-state index in [0.717, 1.165) is 12.0 Å². The van der Waals surface area contributed by atoms with Crippen LogP contribution < -0.4 is 16.4 Å². The van der Waals surface area contributed by atoms with Gasteiger partial charge >= 0.3 is 6.03 Å². The van der Waals surface area contributed by atoms with Crippen LogP contribution >= 0.6 is 0 Å². The number of carbonyl (C=O) groups is 1. The Morgan fingerprint density at radius 2 is 2.17 bits per heavy atom. The molecule has 0 aliphatic carbocycles. The maximum atomic E-state index is 12.2. The third kappa shape index (κ3) is 5.45. The average Bonchev–Trinajstić information content (AvgIpc) is 2.70. The molecular formula is C21H33N5O3. The normalized spacial score (nSPS) is 19.8. The van der Waals surface area contributed by atoms with Gasteiger partial charge in [-0.3, -0.25) is 10.7 Å². The highest BCUT2D eigenvalue weighted by atomic mass is 16.5. The lowest BCUT2D eigenvalue weighted by Crippen LogP contribution is -2.34. The van der Waals surface area contributed by atoms with E-state index in [9.17, 15) is 4.79 Å². The van der Waals surface area contributed by atoms with Gasteiger partial charge < -0.3 is 20.5 Å². The number of aromatic nitrogens is 1. The molecule has 0 bridgehead atoms. The Morgan fingerprint density at radius 1 is 1.41 bits per heavy atom. The number of pyridine rings is 1. The zero-order valence-electron chi connectivity index (χ0n) is 16.6. The molecule has 0 radical (unpaired) electrons. The van der Waals surface area contributed by atoms with Crippen LogP contribution in [0.5, 0.6) is 0 Å². The molecule has 2 heterocycles. The minimum atomic E-state index is -0.386. The zero-order chi connectivity index (χ0) is 20.8. The van der Waals surface area contributed by atoms with Crippen LogP contribution in [0.25, 0.3) is 0 Å². The smallest absolute Gasteiger partial charge is 0.320 e. The maximum Gasteiger partial charge on any atom is 0.320 e. The van der Waals surface area contributed by atoms with Gasteiger partial charge in [-0.05, 0) is 12.5 Å². The van der Waals surface area contributed by atoms with Gasteiger partial charge in [0.05, 0.1) is 24.8 Å². The van der Waals surface area contributed by atoms with Crippen LogP contribution in [0.4, 0.5) is 16.3 Å². The molecule has 160 valence electrons. The number of urea groups is 1. The fourth-order valence-electron chi connectivity index (χ4n) is 3.15. The van der Waals surface area contributed by atoms with E-state index in [1.807, 2.05) is 44.2 Å². The van der Waals surface area contributed by atoms with Gasteiger partial charge in [-0.1, -0.05) is 37.3 Å². The molecule has 3 rings (SSSR count). The first-order valence-corrected chi connectivity index (χ1v) is 9.65. The summed E-state index contributed by atoms with van der Waals surface area (Å²) in [5.74, 6) is 0.480. The molecule has 2 unspecified atom stereocenters. The van der Waals surface area contributed by atoms with E-state index < -0.39 is 0 Å². The Kier molecular flexibility index (Phi) is 6.66. The van der Waals surface area contributed by atoms with Gasteiger partial charge in [0.25, 0.3) is 0 Å². The molecule has 3 atom stereocenters. The van der Waals surface area contributed by atoms with E-state index in [4.69, 9.17) is 20.6 Å². The van der Waals surface area contributed by atoms with Crippen molar-refractivity contribution in [1.82, 2.24) is 10.3 Å². The molecule has 29 heavy (non-hydrogen) atoms. The summed E-state index contributed by atoms with van der Waals surface area (Å²) in [4.78, 5) is 16.4. The topological polar surface area (TPSA) is 122 Å². The standard InChI is InChI=1S/C21H27N5O3.3H2/c1-13-12-28-9-8-18(13)29-20(23)16-11-24-19(10-17(16)22)26-21(27)25-14(2)15-6-4-3-5-7-15;;;/h3-7,10-11,13-14,18,23H,8-9,12H2,1-2H3,(H4,22,24,25,26,27);3*1H/t13?,14-,18?;;;/m1.../s1.